The maximum atomic E-state index is 6.44. The van der Waals surface area contributed by atoms with Crippen LogP contribution in [0.5, 0.6) is 0 Å². The van der Waals surface area contributed by atoms with Gasteiger partial charge < -0.3 is 13.8 Å². The second-order valence-electron chi connectivity index (χ2n) is 7.16. The maximum Gasteiger partial charge on any atom is 0.259 e. The highest BCUT2D eigenvalue weighted by atomic mass is 33.1. The fourth-order valence-electron chi connectivity index (χ4n) is 3.00. The molecule has 0 saturated carbocycles. The van der Waals surface area contributed by atoms with Gasteiger partial charge in [0.2, 0.25) is 0 Å². The van der Waals surface area contributed by atoms with Gasteiger partial charge in [-0.05, 0) is 46.5 Å². The lowest BCUT2D eigenvalue weighted by atomic mass is 9.88. The Balaban J connectivity index is 1.95. The van der Waals surface area contributed by atoms with Gasteiger partial charge in [0.1, 0.15) is 7.85 Å². The Morgan fingerprint density at radius 2 is 1.96 bits per heavy atom. The van der Waals surface area contributed by atoms with Gasteiger partial charge >= 0.3 is 0 Å². The molecule has 4 nitrogen and oxygen atoms in total. The smallest absolute Gasteiger partial charge is 0.259 e. The fourth-order valence-corrected chi connectivity index (χ4v) is 7.23. The van der Waals surface area contributed by atoms with Gasteiger partial charge in [-0.2, -0.15) is 0 Å². The van der Waals surface area contributed by atoms with Crippen molar-refractivity contribution < 1.29 is 13.8 Å². The molecule has 0 aliphatic carbocycles. The molecule has 2 radical (unpaired) electrons. The van der Waals surface area contributed by atoms with E-state index in [1.807, 2.05) is 21.6 Å². The summed E-state index contributed by atoms with van der Waals surface area (Å²) in [4.78, 5) is 0. The summed E-state index contributed by atoms with van der Waals surface area (Å²) in [5.74, 6) is 2.59. The van der Waals surface area contributed by atoms with Crippen LogP contribution in [0.25, 0.3) is 0 Å². The quantitative estimate of drug-likeness (QED) is 0.346. The van der Waals surface area contributed by atoms with Gasteiger partial charge in [0.15, 0.2) is 0 Å². The summed E-state index contributed by atoms with van der Waals surface area (Å²) < 4.78 is 20.9. The van der Waals surface area contributed by atoms with E-state index in [9.17, 15) is 0 Å². The van der Waals surface area contributed by atoms with E-state index in [2.05, 4.69) is 39.3 Å². The largest absolute Gasteiger partial charge is 0.382 e. The van der Waals surface area contributed by atoms with E-state index in [1.54, 1.807) is 0 Å². The van der Waals surface area contributed by atoms with Crippen LogP contribution in [0.3, 0.4) is 0 Å². The molecule has 2 aliphatic heterocycles. The van der Waals surface area contributed by atoms with E-state index in [-0.39, 0.29) is 18.2 Å². The van der Waals surface area contributed by atoms with Gasteiger partial charge in [-0.1, -0.05) is 28.5 Å². The van der Waals surface area contributed by atoms with E-state index >= 15 is 0 Å². The van der Waals surface area contributed by atoms with Crippen molar-refractivity contribution in [3.8, 4) is 0 Å². The molecule has 24 heavy (non-hydrogen) atoms. The number of hydrogen-bond acceptors (Lipinski definition) is 6. The third-order valence-corrected chi connectivity index (χ3v) is 8.90. The summed E-state index contributed by atoms with van der Waals surface area (Å²) in [5, 5.41) is 0. The molecule has 0 aromatic rings. The van der Waals surface area contributed by atoms with Crippen molar-refractivity contribution in [2.24, 2.45) is 5.92 Å². The van der Waals surface area contributed by atoms with E-state index in [1.165, 1.54) is 0 Å². The number of nitrogens with zero attached hydrogens (tertiary/aromatic N) is 1. The predicted octanol–water partition coefficient (Wildman–Crippen LogP) is 4.44. The summed E-state index contributed by atoms with van der Waals surface area (Å²) in [5.41, 5.74) is 0. The van der Waals surface area contributed by atoms with Crippen LogP contribution >= 0.6 is 30.1 Å². The Kier molecular flexibility index (Phi) is 9.24. The van der Waals surface area contributed by atoms with Crippen LogP contribution in [0, 0.1) is 5.92 Å². The Bertz CT molecular complexity index is 357. The summed E-state index contributed by atoms with van der Waals surface area (Å²) in [7, 11) is 8.72. The zero-order valence-corrected chi connectivity index (χ0v) is 18.0. The highest BCUT2D eigenvalue weighted by molar-refractivity contribution is 8.76. The number of hydrogen-bond donors (Lipinski definition) is 0. The molecule has 2 heterocycles. The van der Waals surface area contributed by atoms with Crippen LogP contribution in [0.15, 0.2) is 0 Å². The third-order valence-electron chi connectivity index (χ3n) is 4.26. The van der Waals surface area contributed by atoms with Crippen LogP contribution in [0.1, 0.15) is 47.5 Å². The molecule has 2 unspecified atom stereocenters. The average molecular weight is 391 g/mol. The highest BCUT2D eigenvalue weighted by Gasteiger charge is 2.34. The molecule has 2 fully saturated rings. The van der Waals surface area contributed by atoms with E-state index in [0.29, 0.717) is 24.6 Å². The predicted molar refractivity (Wildman–Crippen MR) is 108 cm³/mol. The van der Waals surface area contributed by atoms with E-state index in [0.717, 1.165) is 24.3 Å². The molecule has 2 aliphatic rings. The Hall–Kier alpha value is 1.03. The lowest BCUT2D eigenvalue weighted by Crippen LogP contribution is -2.35. The second kappa shape index (κ2) is 10.4. The van der Waals surface area contributed by atoms with E-state index in [4.69, 9.17) is 21.6 Å². The van der Waals surface area contributed by atoms with Crippen LogP contribution in [-0.4, -0.2) is 60.9 Å². The third kappa shape index (κ3) is 6.33. The van der Waals surface area contributed by atoms with Crippen LogP contribution < -0.4 is 0 Å². The van der Waals surface area contributed by atoms with Gasteiger partial charge in [0.05, 0.1) is 18.8 Å². The van der Waals surface area contributed by atoms with Crippen molar-refractivity contribution in [1.82, 2.24) is 4.67 Å². The van der Waals surface area contributed by atoms with Gasteiger partial charge in [-0.3, -0.25) is 0 Å². The SMILES string of the molecule is [B][C@@H]1OC(COP(O[C@@H]2CCSSC2)N(C(C)C)C(C)C)C[C@@H]1C. The molecule has 0 amide bonds. The molecule has 0 aromatic carbocycles. The summed E-state index contributed by atoms with van der Waals surface area (Å²) in [6.45, 7) is 11.5. The standard InChI is InChI=1S/C16H31BNO3PS2/c1-11(2)18(12(3)4)22(21-14-6-7-23-24-10-14)19-9-15-8-13(5)16(17)20-15/h11-16H,6-10H2,1-5H3/t13-,14+,15?,16+,22?/m0/s1. The minimum Gasteiger partial charge on any atom is -0.382 e. The highest BCUT2D eigenvalue weighted by Crippen LogP contribution is 2.49. The lowest BCUT2D eigenvalue weighted by molar-refractivity contribution is 0.0375. The maximum absolute atomic E-state index is 6.44. The van der Waals surface area contributed by atoms with Crippen molar-refractivity contribution in [3.05, 3.63) is 0 Å². The molecule has 0 spiro atoms. The van der Waals surface area contributed by atoms with Gasteiger partial charge in [-0.15, -0.1) is 0 Å². The van der Waals surface area contributed by atoms with Crippen molar-refractivity contribution in [3.63, 3.8) is 0 Å². The molecule has 0 bridgehead atoms. The molecule has 2 saturated heterocycles. The molecule has 8 heteroatoms. The topological polar surface area (TPSA) is 30.9 Å². The Labute approximate surface area is 158 Å². The van der Waals surface area contributed by atoms with Crippen LogP contribution in [0.4, 0.5) is 0 Å². The zero-order valence-electron chi connectivity index (χ0n) is 15.5. The normalized spacial score (nSPS) is 32.8. The van der Waals surface area contributed by atoms with Crippen molar-refractivity contribution >= 4 is 38.0 Å². The molecule has 2 rings (SSSR count). The number of ether oxygens (including phenoxy) is 1. The minimum absolute atomic E-state index is 0.0843. The Morgan fingerprint density at radius 3 is 2.46 bits per heavy atom. The molecule has 138 valence electrons. The molecule has 5 atom stereocenters. The van der Waals surface area contributed by atoms with Crippen molar-refractivity contribution in [2.75, 3.05) is 18.1 Å². The van der Waals surface area contributed by atoms with Crippen LogP contribution in [-0.2, 0) is 13.8 Å². The second-order valence-corrected chi connectivity index (χ2v) is 11.2. The van der Waals surface area contributed by atoms with Gasteiger partial charge in [-0.25, -0.2) is 4.67 Å². The monoisotopic (exact) mass is 391 g/mol. The van der Waals surface area contributed by atoms with Gasteiger partial charge in [0.25, 0.3) is 8.53 Å². The minimum atomic E-state index is -1.08. The Morgan fingerprint density at radius 1 is 1.25 bits per heavy atom. The summed E-state index contributed by atoms with van der Waals surface area (Å²) >= 11 is 0. The number of rotatable bonds is 8. The zero-order chi connectivity index (χ0) is 17.7. The van der Waals surface area contributed by atoms with E-state index < -0.39 is 8.53 Å². The van der Waals surface area contributed by atoms with Crippen molar-refractivity contribution in [2.45, 2.75) is 77.8 Å². The first-order valence-corrected chi connectivity index (χ1v) is 12.5. The van der Waals surface area contributed by atoms with Crippen LogP contribution in [0.2, 0.25) is 0 Å². The van der Waals surface area contributed by atoms with Crippen molar-refractivity contribution in [1.29, 1.82) is 0 Å². The summed E-state index contributed by atoms with van der Waals surface area (Å²) in [6, 6.07) is 0.601. The summed E-state index contributed by atoms with van der Waals surface area (Å²) in [6.07, 6.45) is 2.43. The molecule has 0 aromatic heterocycles. The average Bonchev–Trinajstić information content (AvgIpc) is 2.83. The first-order chi connectivity index (χ1) is 11.4. The molecular formula is C16H31BNO3PS2. The molecular weight excluding hydrogens is 360 g/mol. The molecule has 0 N–H and O–H groups in total. The first-order valence-electron chi connectivity index (χ1n) is 8.92. The lowest BCUT2D eigenvalue weighted by Gasteiger charge is -2.38. The first kappa shape index (κ1) is 21.3. The fraction of sp³-hybridized carbons (Fsp3) is 1.00. The van der Waals surface area contributed by atoms with Gasteiger partial charge in [0, 0.05) is 29.6 Å².